The van der Waals surface area contributed by atoms with Gasteiger partial charge in [-0.2, -0.15) is 4.98 Å². The van der Waals surface area contributed by atoms with Crippen LogP contribution in [0.1, 0.15) is 10.7 Å². The van der Waals surface area contributed by atoms with Gasteiger partial charge in [-0.25, -0.2) is 0 Å². The lowest BCUT2D eigenvalue weighted by Crippen LogP contribution is -1.87. The van der Waals surface area contributed by atoms with E-state index >= 15 is 0 Å². The Morgan fingerprint density at radius 1 is 1.15 bits per heavy atom. The minimum atomic E-state index is 0.564. The van der Waals surface area contributed by atoms with Crippen LogP contribution in [0.15, 0.2) is 52.5 Å². The van der Waals surface area contributed by atoms with Crippen molar-refractivity contribution in [2.45, 2.75) is 6.42 Å². The van der Waals surface area contributed by atoms with E-state index in [1.165, 1.54) is 4.88 Å². The summed E-state index contributed by atoms with van der Waals surface area (Å²) in [7, 11) is 0. The highest BCUT2D eigenvalue weighted by molar-refractivity contribution is 7.09. The number of thiophene rings is 1. The molecule has 0 fully saturated rings. The molecule has 98 valence electrons. The summed E-state index contributed by atoms with van der Waals surface area (Å²) in [6, 6.07) is 12.2. The Hall–Kier alpha value is -2.40. The van der Waals surface area contributed by atoms with E-state index in [4.69, 9.17) is 4.52 Å². The van der Waals surface area contributed by atoms with Gasteiger partial charge < -0.3 is 9.51 Å². The molecule has 0 bridgehead atoms. The summed E-state index contributed by atoms with van der Waals surface area (Å²) in [6.07, 6.45) is 2.62. The zero-order valence-corrected chi connectivity index (χ0v) is 11.4. The third kappa shape index (κ3) is 1.92. The second-order valence-corrected chi connectivity index (χ2v) is 5.55. The van der Waals surface area contributed by atoms with Crippen LogP contribution >= 0.6 is 11.3 Å². The normalized spacial score (nSPS) is 11.2. The van der Waals surface area contributed by atoms with Crippen molar-refractivity contribution in [2.75, 3.05) is 0 Å². The first-order chi connectivity index (χ1) is 9.90. The summed E-state index contributed by atoms with van der Waals surface area (Å²) in [5.74, 6) is 1.28. The summed E-state index contributed by atoms with van der Waals surface area (Å²) in [6.45, 7) is 0. The zero-order chi connectivity index (χ0) is 13.4. The van der Waals surface area contributed by atoms with Crippen molar-refractivity contribution in [3.8, 4) is 11.5 Å². The molecular formula is C15H11N3OS. The highest BCUT2D eigenvalue weighted by atomic mass is 32.1. The van der Waals surface area contributed by atoms with Crippen molar-refractivity contribution in [3.05, 3.63) is 58.7 Å². The zero-order valence-electron chi connectivity index (χ0n) is 10.5. The van der Waals surface area contributed by atoms with Crippen molar-refractivity contribution < 1.29 is 4.52 Å². The number of aromatic nitrogens is 3. The molecule has 0 radical (unpaired) electrons. The van der Waals surface area contributed by atoms with E-state index in [-0.39, 0.29) is 0 Å². The molecule has 0 saturated carbocycles. The van der Waals surface area contributed by atoms with Crippen LogP contribution < -0.4 is 0 Å². The maximum absolute atomic E-state index is 5.39. The lowest BCUT2D eigenvalue weighted by atomic mass is 10.2. The molecule has 0 spiro atoms. The number of aromatic amines is 1. The van der Waals surface area contributed by atoms with E-state index in [9.17, 15) is 0 Å². The third-order valence-corrected chi connectivity index (χ3v) is 4.08. The Bertz CT molecular complexity index is 845. The molecule has 5 heteroatoms. The second-order valence-electron chi connectivity index (χ2n) is 4.52. The summed E-state index contributed by atoms with van der Waals surface area (Å²) in [4.78, 5) is 8.94. The molecule has 0 saturated heterocycles. The van der Waals surface area contributed by atoms with Gasteiger partial charge in [0.25, 0.3) is 5.89 Å². The SMILES string of the molecule is c1csc(Cc2noc(-c3c[nH]c4ccccc34)n2)c1. The van der Waals surface area contributed by atoms with Crippen LogP contribution in [0, 0.1) is 0 Å². The maximum atomic E-state index is 5.39. The fourth-order valence-corrected chi connectivity index (χ4v) is 2.95. The third-order valence-electron chi connectivity index (χ3n) is 3.20. The number of benzene rings is 1. The molecule has 1 N–H and O–H groups in total. The highest BCUT2D eigenvalue weighted by Gasteiger charge is 2.13. The lowest BCUT2D eigenvalue weighted by Gasteiger charge is -1.91. The molecular weight excluding hydrogens is 270 g/mol. The molecule has 20 heavy (non-hydrogen) atoms. The van der Waals surface area contributed by atoms with E-state index < -0.39 is 0 Å². The number of fused-ring (bicyclic) bond motifs is 1. The van der Waals surface area contributed by atoms with Crippen LogP contribution in [0.3, 0.4) is 0 Å². The average molecular weight is 281 g/mol. The highest BCUT2D eigenvalue weighted by Crippen LogP contribution is 2.27. The minimum absolute atomic E-state index is 0.564. The van der Waals surface area contributed by atoms with E-state index in [1.54, 1.807) is 11.3 Å². The number of hydrogen-bond acceptors (Lipinski definition) is 4. The van der Waals surface area contributed by atoms with Crippen LogP contribution in [-0.4, -0.2) is 15.1 Å². The van der Waals surface area contributed by atoms with E-state index in [0.29, 0.717) is 18.1 Å². The number of hydrogen-bond donors (Lipinski definition) is 1. The Labute approximate surface area is 119 Å². The molecule has 0 unspecified atom stereocenters. The van der Waals surface area contributed by atoms with Crippen LogP contribution in [-0.2, 0) is 6.42 Å². The second kappa shape index (κ2) is 4.61. The van der Waals surface area contributed by atoms with Crippen molar-refractivity contribution in [1.29, 1.82) is 0 Å². The molecule has 0 atom stereocenters. The van der Waals surface area contributed by atoms with Crippen molar-refractivity contribution in [1.82, 2.24) is 15.1 Å². The van der Waals surface area contributed by atoms with Gasteiger partial charge in [-0.15, -0.1) is 11.3 Å². The van der Waals surface area contributed by atoms with Gasteiger partial charge in [0, 0.05) is 28.4 Å². The van der Waals surface area contributed by atoms with Crippen molar-refractivity contribution in [3.63, 3.8) is 0 Å². The summed E-state index contributed by atoms with van der Waals surface area (Å²) in [5, 5.41) is 7.21. The predicted octanol–water partition coefficient (Wildman–Crippen LogP) is 3.87. The van der Waals surface area contributed by atoms with Gasteiger partial charge in [-0.05, 0) is 17.5 Å². The Morgan fingerprint density at radius 2 is 2.10 bits per heavy atom. The van der Waals surface area contributed by atoms with Gasteiger partial charge in [-0.3, -0.25) is 0 Å². The van der Waals surface area contributed by atoms with Crippen LogP contribution in [0.2, 0.25) is 0 Å². The molecule has 4 nitrogen and oxygen atoms in total. The maximum Gasteiger partial charge on any atom is 0.260 e. The topological polar surface area (TPSA) is 54.7 Å². The van der Waals surface area contributed by atoms with Gasteiger partial charge in [0.05, 0.1) is 5.56 Å². The van der Waals surface area contributed by atoms with Crippen molar-refractivity contribution in [2.24, 2.45) is 0 Å². The molecule has 0 aliphatic heterocycles. The first-order valence-corrected chi connectivity index (χ1v) is 7.19. The van der Waals surface area contributed by atoms with Gasteiger partial charge in [0.15, 0.2) is 5.82 Å². The van der Waals surface area contributed by atoms with E-state index in [1.807, 2.05) is 36.5 Å². The molecule has 0 aliphatic rings. The fraction of sp³-hybridized carbons (Fsp3) is 0.0667. The lowest BCUT2D eigenvalue weighted by molar-refractivity contribution is 0.424. The summed E-state index contributed by atoms with van der Waals surface area (Å²) < 4.78 is 5.39. The number of nitrogens with one attached hydrogen (secondary N) is 1. The van der Waals surface area contributed by atoms with Crippen LogP contribution in [0.5, 0.6) is 0 Å². The Kier molecular flexibility index (Phi) is 2.63. The van der Waals surface area contributed by atoms with E-state index in [0.717, 1.165) is 16.5 Å². The molecule has 0 amide bonds. The average Bonchev–Trinajstić information content (AvgIpc) is 3.18. The molecule has 4 aromatic rings. The molecule has 0 aliphatic carbocycles. The molecule has 1 aromatic carbocycles. The van der Waals surface area contributed by atoms with Gasteiger partial charge in [0.2, 0.25) is 0 Å². The van der Waals surface area contributed by atoms with Gasteiger partial charge >= 0.3 is 0 Å². The molecule has 4 rings (SSSR count). The molecule has 3 aromatic heterocycles. The standard InChI is InChI=1S/C15H11N3OS/c1-2-6-13-11(5-1)12(9-16-13)15-17-14(18-19-15)8-10-4-3-7-20-10/h1-7,9,16H,8H2. The van der Waals surface area contributed by atoms with Gasteiger partial charge in [0.1, 0.15) is 0 Å². The number of rotatable bonds is 3. The summed E-state index contributed by atoms with van der Waals surface area (Å²) in [5.41, 5.74) is 2.02. The van der Waals surface area contributed by atoms with Gasteiger partial charge in [-0.1, -0.05) is 29.4 Å². The molecule has 3 heterocycles. The first kappa shape index (κ1) is 11.4. The van der Waals surface area contributed by atoms with E-state index in [2.05, 4.69) is 26.6 Å². The number of para-hydroxylation sites is 1. The van der Waals surface area contributed by atoms with Crippen LogP contribution in [0.4, 0.5) is 0 Å². The predicted molar refractivity (Wildman–Crippen MR) is 78.7 cm³/mol. The Morgan fingerprint density at radius 3 is 3.00 bits per heavy atom. The van der Waals surface area contributed by atoms with Crippen LogP contribution in [0.25, 0.3) is 22.4 Å². The minimum Gasteiger partial charge on any atom is -0.360 e. The smallest absolute Gasteiger partial charge is 0.260 e. The quantitative estimate of drug-likeness (QED) is 0.620. The summed E-state index contributed by atoms with van der Waals surface area (Å²) >= 11 is 1.70. The number of H-pyrrole nitrogens is 1. The largest absolute Gasteiger partial charge is 0.360 e. The number of nitrogens with zero attached hydrogens (tertiary/aromatic N) is 2. The Balaban J connectivity index is 1.71. The first-order valence-electron chi connectivity index (χ1n) is 6.31. The monoisotopic (exact) mass is 281 g/mol. The fourth-order valence-electron chi connectivity index (χ4n) is 2.25. The van der Waals surface area contributed by atoms with Crippen molar-refractivity contribution >= 4 is 22.2 Å².